The summed E-state index contributed by atoms with van der Waals surface area (Å²) in [6.07, 6.45) is 0. The molecule has 0 bridgehead atoms. The maximum atomic E-state index is 13.7. The molecule has 0 spiro atoms. The van der Waals surface area contributed by atoms with Crippen LogP contribution in [-0.2, 0) is 13.1 Å². The van der Waals surface area contributed by atoms with E-state index in [0.29, 0.717) is 30.4 Å². The van der Waals surface area contributed by atoms with E-state index in [1.807, 2.05) is 0 Å². The molecule has 0 radical (unpaired) electrons. The third-order valence-corrected chi connectivity index (χ3v) is 2.37. The minimum Gasteiger partial charge on any atom is -0.340 e. The van der Waals surface area contributed by atoms with Crippen molar-refractivity contribution in [3.63, 3.8) is 0 Å². The molecule has 0 amide bonds. The fourth-order valence-electron chi connectivity index (χ4n) is 1.52. The average Bonchev–Trinajstić information content (AvgIpc) is 2.77. The number of rotatable bonds is 4. The molecule has 0 unspecified atom stereocenters. The summed E-state index contributed by atoms with van der Waals surface area (Å²) in [7, 11) is 0. The topological polar surface area (TPSA) is 74.7 Å². The van der Waals surface area contributed by atoms with Gasteiger partial charge in [-0.2, -0.15) is 10.2 Å². The molecule has 0 aliphatic heterocycles. The van der Waals surface area contributed by atoms with Gasteiger partial charge in [0.1, 0.15) is 11.9 Å². The smallest absolute Gasteiger partial charge is 0.223 e. The zero-order valence-electron chi connectivity index (χ0n) is 9.77. The lowest BCUT2D eigenvalue weighted by atomic mass is 10.1. The van der Waals surface area contributed by atoms with Crippen LogP contribution in [0.3, 0.4) is 0 Å². The van der Waals surface area contributed by atoms with Gasteiger partial charge in [0.25, 0.3) is 0 Å². The van der Waals surface area contributed by atoms with Crippen LogP contribution in [0.1, 0.15) is 22.8 Å². The van der Waals surface area contributed by atoms with Gasteiger partial charge in [0, 0.05) is 19.0 Å². The summed E-state index contributed by atoms with van der Waals surface area (Å²) in [4.78, 5) is 4.01. The molecule has 1 N–H and O–H groups in total. The van der Waals surface area contributed by atoms with Gasteiger partial charge in [0.2, 0.25) is 5.89 Å². The van der Waals surface area contributed by atoms with E-state index in [0.717, 1.165) is 0 Å². The van der Waals surface area contributed by atoms with Crippen LogP contribution in [0, 0.1) is 24.1 Å². The van der Waals surface area contributed by atoms with Gasteiger partial charge in [0.15, 0.2) is 5.82 Å². The van der Waals surface area contributed by atoms with E-state index >= 15 is 0 Å². The number of halogens is 1. The predicted octanol–water partition coefficient (Wildman–Crippen LogP) is 1.68. The minimum atomic E-state index is -0.489. The van der Waals surface area contributed by atoms with Crippen molar-refractivity contribution in [2.45, 2.75) is 20.0 Å². The van der Waals surface area contributed by atoms with Crippen molar-refractivity contribution in [2.75, 3.05) is 0 Å². The molecule has 2 aromatic rings. The molecule has 6 heteroatoms. The van der Waals surface area contributed by atoms with Gasteiger partial charge < -0.3 is 9.84 Å². The highest BCUT2D eigenvalue weighted by molar-refractivity contribution is 5.34. The maximum absolute atomic E-state index is 13.7. The van der Waals surface area contributed by atoms with Gasteiger partial charge in [-0.15, -0.1) is 0 Å². The monoisotopic (exact) mass is 246 g/mol. The lowest BCUT2D eigenvalue weighted by molar-refractivity contribution is 0.385. The van der Waals surface area contributed by atoms with E-state index in [-0.39, 0.29) is 5.56 Å². The number of nitrogens with zero attached hydrogens (tertiary/aromatic N) is 3. The second-order valence-electron chi connectivity index (χ2n) is 3.72. The van der Waals surface area contributed by atoms with E-state index in [1.165, 1.54) is 6.07 Å². The Balaban J connectivity index is 1.97. The Labute approximate surface area is 103 Å². The molecule has 0 saturated carbocycles. The normalized spacial score (nSPS) is 10.3. The van der Waals surface area contributed by atoms with Crippen molar-refractivity contribution in [1.82, 2.24) is 15.5 Å². The van der Waals surface area contributed by atoms with Gasteiger partial charge in [-0.1, -0.05) is 17.3 Å². The second kappa shape index (κ2) is 5.38. The van der Waals surface area contributed by atoms with Crippen molar-refractivity contribution in [3.05, 3.63) is 46.9 Å². The molecule has 0 aliphatic rings. The summed E-state index contributed by atoms with van der Waals surface area (Å²) < 4.78 is 18.5. The highest BCUT2D eigenvalue weighted by atomic mass is 19.1. The average molecular weight is 246 g/mol. The van der Waals surface area contributed by atoms with E-state index in [1.54, 1.807) is 25.1 Å². The first-order valence-electron chi connectivity index (χ1n) is 5.38. The van der Waals surface area contributed by atoms with Crippen LogP contribution in [-0.4, -0.2) is 10.1 Å². The molecule has 1 aromatic carbocycles. The van der Waals surface area contributed by atoms with Crippen molar-refractivity contribution in [3.8, 4) is 6.07 Å². The number of aryl methyl sites for hydroxylation is 1. The summed E-state index contributed by atoms with van der Waals surface area (Å²) >= 11 is 0. The van der Waals surface area contributed by atoms with Crippen molar-refractivity contribution in [2.24, 2.45) is 0 Å². The second-order valence-corrected chi connectivity index (χ2v) is 3.72. The number of hydrogen-bond donors (Lipinski definition) is 1. The summed E-state index contributed by atoms with van der Waals surface area (Å²) in [6.45, 7) is 2.38. The van der Waals surface area contributed by atoms with Crippen LogP contribution in [0.25, 0.3) is 0 Å². The zero-order valence-corrected chi connectivity index (χ0v) is 9.77. The fourth-order valence-corrected chi connectivity index (χ4v) is 1.52. The third-order valence-electron chi connectivity index (χ3n) is 2.37. The van der Waals surface area contributed by atoms with Crippen molar-refractivity contribution < 1.29 is 8.91 Å². The van der Waals surface area contributed by atoms with Gasteiger partial charge in [-0.3, -0.25) is 0 Å². The molecule has 0 saturated heterocycles. The van der Waals surface area contributed by atoms with Gasteiger partial charge >= 0.3 is 0 Å². The number of benzene rings is 1. The van der Waals surface area contributed by atoms with Crippen molar-refractivity contribution >= 4 is 0 Å². The quantitative estimate of drug-likeness (QED) is 0.888. The van der Waals surface area contributed by atoms with Gasteiger partial charge in [-0.05, 0) is 6.07 Å². The first kappa shape index (κ1) is 12.2. The van der Waals surface area contributed by atoms with Crippen LogP contribution in [0.4, 0.5) is 4.39 Å². The fraction of sp³-hybridized carbons (Fsp3) is 0.250. The highest BCUT2D eigenvalue weighted by Crippen LogP contribution is 2.11. The Bertz CT molecular complexity index is 588. The third kappa shape index (κ3) is 2.70. The molecular weight excluding hydrogens is 235 g/mol. The Morgan fingerprint density at radius 3 is 2.94 bits per heavy atom. The first-order chi connectivity index (χ1) is 8.70. The van der Waals surface area contributed by atoms with Crippen LogP contribution >= 0.6 is 0 Å². The highest BCUT2D eigenvalue weighted by Gasteiger charge is 2.07. The van der Waals surface area contributed by atoms with E-state index in [9.17, 15) is 4.39 Å². The Hall–Kier alpha value is -2.26. The SMILES string of the molecule is Cc1nc(CNCc2cccc(C#N)c2F)no1. The molecule has 92 valence electrons. The molecule has 0 aliphatic carbocycles. The molecular formula is C12H11FN4O. The first-order valence-corrected chi connectivity index (χ1v) is 5.38. The predicted molar refractivity (Wildman–Crippen MR) is 60.7 cm³/mol. The lowest BCUT2D eigenvalue weighted by Crippen LogP contribution is -2.15. The number of aromatic nitrogens is 2. The Morgan fingerprint density at radius 2 is 2.28 bits per heavy atom. The molecule has 0 atom stereocenters. The molecule has 1 heterocycles. The van der Waals surface area contributed by atoms with Crippen LogP contribution < -0.4 is 5.32 Å². The van der Waals surface area contributed by atoms with Crippen molar-refractivity contribution in [1.29, 1.82) is 5.26 Å². The standard InChI is InChI=1S/C12H11FN4O/c1-8-16-11(17-18-8)7-15-6-10-4-2-3-9(5-14)12(10)13/h2-4,15H,6-7H2,1H3. The largest absolute Gasteiger partial charge is 0.340 e. The van der Waals surface area contributed by atoms with E-state index in [4.69, 9.17) is 9.78 Å². The Morgan fingerprint density at radius 1 is 1.44 bits per heavy atom. The summed E-state index contributed by atoms with van der Waals surface area (Å²) in [5, 5.41) is 15.4. The van der Waals surface area contributed by atoms with Gasteiger partial charge in [-0.25, -0.2) is 4.39 Å². The summed E-state index contributed by atoms with van der Waals surface area (Å²) in [5.74, 6) is 0.519. The molecule has 1 aromatic heterocycles. The van der Waals surface area contributed by atoms with Crippen LogP contribution in [0.5, 0.6) is 0 Å². The molecule has 0 fully saturated rings. The van der Waals surface area contributed by atoms with Crippen LogP contribution in [0.2, 0.25) is 0 Å². The lowest BCUT2D eigenvalue weighted by Gasteiger charge is -2.04. The van der Waals surface area contributed by atoms with Crippen LogP contribution in [0.15, 0.2) is 22.7 Å². The number of hydrogen-bond acceptors (Lipinski definition) is 5. The molecule has 2 rings (SSSR count). The summed E-state index contributed by atoms with van der Waals surface area (Å²) in [6, 6.07) is 6.53. The van der Waals surface area contributed by atoms with Gasteiger partial charge in [0.05, 0.1) is 12.1 Å². The molecule has 5 nitrogen and oxygen atoms in total. The number of nitriles is 1. The number of nitrogens with one attached hydrogen (secondary N) is 1. The molecule has 18 heavy (non-hydrogen) atoms. The Kier molecular flexibility index (Phi) is 3.65. The van der Waals surface area contributed by atoms with E-state index < -0.39 is 5.82 Å². The maximum Gasteiger partial charge on any atom is 0.223 e. The minimum absolute atomic E-state index is 0.0460. The zero-order chi connectivity index (χ0) is 13.0. The van der Waals surface area contributed by atoms with E-state index in [2.05, 4.69) is 15.5 Å². The summed E-state index contributed by atoms with van der Waals surface area (Å²) in [5.41, 5.74) is 0.485.